The summed E-state index contributed by atoms with van der Waals surface area (Å²) in [6.07, 6.45) is 10.3. The van der Waals surface area contributed by atoms with Gasteiger partial charge in [-0.15, -0.1) is 6.58 Å². The molecule has 0 aliphatic carbocycles. The Bertz CT molecular complexity index is 1130. The van der Waals surface area contributed by atoms with Crippen molar-refractivity contribution in [3.63, 3.8) is 0 Å². The van der Waals surface area contributed by atoms with Gasteiger partial charge in [0.1, 0.15) is 18.9 Å². The van der Waals surface area contributed by atoms with Crippen molar-refractivity contribution >= 4 is 31.3 Å². The summed E-state index contributed by atoms with van der Waals surface area (Å²) in [5.74, 6) is -0.0517. The summed E-state index contributed by atoms with van der Waals surface area (Å²) < 4.78 is 17.7. The van der Waals surface area contributed by atoms with Gasteiger partial charge in [-0.1, -0.05) is 37.5 Å². The lowest BCUT2D eigenvalue weighted by Gasteiger charge is -2.13. The number of ether oxygens (including phenoxy) is 1. The minimum Gasteiger partial charge on any atom is -0.394 e. The van der Waals surface area contributed by atoms with Crippen molar-refractivity contribution < 1.29 is 28.8 Å². The fraction of sp³-hybridized carbons (Fsp3) is 0.375. The van der Waals surface area contributed by atoms with E-state index in [2.05, 4.69) is 40.0 Å². The van der Waals surface area contributed by atoms with Gasteiger partial charge in [0.05, 0.1) is 44.7 Å². The second kappa shape index (κ2) is 16.4. The molecule has 1 fully saturated rings. The van der Waals surface area contributed by atoms with Crippen LogP contribution in [0, 0.1) is 11.3 Å². The number of nitriles is 1. The van der Waals surface area contributed by atoms with E-state index in [9.17, 15) is 9.90 Å². The molecule has 3 unspecified atom stereocenters. The number of rotatable bonds is 13. The molecule has 3 rings (SSSR count). The van der Waals surface area contributed by atoms with Crippen LogP contribution in [0.5, 0.6) is 0 Å². The second-order valence-corrected chi connectivity index (χ2v) is 8.80. The third-order valence-corrected chi connectivity index (χ3v) is 6.01. The van der Waals surface area contributed by atoms with E-state index in [4.69, 9.17) is 24.2 Å². The maximum atomic E-state index is 12.3. The van der Waals surface area contributed by atoms with E-state index in [1.54, 1.807) is 23.0 Å². The van der Waals surface area contributed by atoms with E-state index in [0.717, 1.165) is 12.8 Å². The number of fused-ring (bicyclic) bond motifs is 1. The van der Waals surface area contributed by atoms with Crippen LogP contribution in [-0.2, 0) is 18.6 Å². The van der Waals surface area contributed by atoms with Crippen molar-refractivity contribution in [1.29, 1.82) is 5.26 Å². The maximum absolute atomic E-state index is 12.3. The van der Waals surface area contributed by atoms with Crippen LogP contribution in [-0.4, -0.2) is 67.9 Å². The highest BCUT2D eigenvalue weighted by Crippen LogP contribution is 2.36. The van der Waals surface area contributed by atoms with Gasteiger partial charge in [0, 0.05) is 5.57 Å². The fourth-order valence-corrected chi connectivity index (χ4v) is 3.98. The summed E-state index contributed by atoms with van der Waals surface area (Å²) in [7, 11) is -1.24. The third kappa shape index (κ3) is 8.94. The third-order valence-electron chi connectivity index (χ3n) is 4.87. The van der Waals surface area contributed by atoms with Crippen LogP contribution in [0.2, 0.25) is 0 Å². The Morgan fingerprint density at radius 1 is 1.30 bits per heavy atom. The first-order valence-corrected chi connectivity index (χ1v) is 12.7. The Hall–Kier alpha value is -3.30. The average Bonchev–Trinajstić information content (AvgIpc) is 3.57. The van der Waals surface area contributed by atoms with Crippen LogP contribution >= 0.6 is 8.38 Å². The van der Waals surface area contributed by atoms with Gasteiger partial charge in [-0.3, -0.25) is 9.36 Å². The highest BCUT2D eigenvalue weighted by molar-refractivity contribution is 7.46. The number of carbonyl (C=O) groups excluding carboxylic acids is 1. The molecular weight excluding hydrogens is 499 g/mol. The van der Waals surface area contributed by atoms with Crippen molar-refractivity contribution in [3.8, 4) is 6.07 Å². The van der Waals surface area contributed by atoms with Gasteiger partial charge >= 0.3 is 0 Å². The molecule has 1 aliphatic heterocycles. The number of aliphatic hydroxyl groups excluding tert-OH is 2. The van der Waals surface area contributed by atoms with Gasteiger partial charge < -0.3 is 29.3 Å². The SMILES string of the molecule is C=C/C=C(\C=C)C(=O)Nc1ncnc2c1ncn2C1CCC(CO)O1.C=CCOP(CO)OCCC#N. The lowest BCUT2D eigenvalue weighted by Crippen LogP contribution is -2.15. The monoisotopic (exact) mass is 530 g/mol. The number of hydrogen-bond donors (Lipinski definition) is 3. The summed E-state index contributed by atoms with van der Waals surface area (Å²) in [4.78, 5) is 24.9. The minimum absolute atomic E-state index is 0.0145. The van der Waals surface area contributed by atoms with Crippen molar-refractivity contribution in [1.82, 2.24) is 19.5 Å². The molecule has 198 valence electrons. The van der Waals surface area contributed by atoms with Crippen LogP contribution in [0.15, 0.2) is 62.3 Å². The van der Waals surface area contributed by atoms with Gasteiger partial charge in [-0.25, -0.2) is 15.0 Å². The predicted molar refractivity (Wildman–Crippen MR) is 139 cm³/mol. The average molecular weight is 531 g/mol. The van der Waals surface area contributed by atoms with E-state index >= 15 is 0 Å². The quantitative estimate of drug-likeness (QED) is 0.115. The molecule has 2 aromatic heterocycles. The number of nitrogens with zero attached hydrogens (tertiary/aromatic N) is 5. The fourth-order valence-electron chi connectivity index (χ4n) is 3.17. The Morgan fingerprint density at radius 2 is 2.11 bits per heavy atom. The predicted octanol–water partition coefficient (Wildman–Crippen LogP) is 3.11. The molecule has 3 heterocycles. The molecule has 13 heteroatoms. The van der Waals surface area contributed by atoms with E-state index in [1.165, 1.54) is 18.5 Å². The minimum atomic E-state index is -1.24. The molecule has 0 aromatic carbocycles. The van der Waals surface area contributed by atoms with Crippen molar-refractivity contribution in [2.24, 2.45) is 0 Å². The molecule has 1 amide bonds. The smallest absolute Gasteiger partial charge is 0.256 e. The number of anilines is 1. The number of nitrogens with one attached hydrogen (secondary N) is 1. The van der Waals surface area contributed by atoms with E-state index in [0.29, 0.717) is 42.2 Å². The lowest BCUT2D eigenvalue weighted by molar-refractivity contribution is -0.112. The number of aromatic nitrogens is 4. The van der Waals surface area contributed by atoms with Gasteiger partial charge in [0.25, 0.3) is 5.91 Å². The first-order valence-electron chi connectivity index (χ1n) is 11.3. The molecule has 1 aliphatic rings. The standard InChI is InChI=1S/C17H19N5O3.C7H12NO3P/c1-3-5-11(4-2)17(24)21-15-14-16(19-9-18-15)22(10-20-14)13-7-6-12(8-23)25-13;1-2-5-10-12(7-9)11-6-3-4-8/h3-5,9-10,12-13,23H,1-2,6-8H2,(H,18,19,21,24);2,9H,1,3,5-7H2/b11-5+;. The Labute approximate surface area is 216 Å². The van der Waals surface area contributed by atoms with Crippen LogP contribution in [0.1, 0.15) is 25.5 Å². The number of imidazole rings is 1. The molecule has 0 saturated carbocycles. The highest BCUT2D eigenvalue weighted by atomic mass is 31.2. The van der Waals surface area contributed by atoms with Crippen LogP contribution in [0.4, 0.5) is 5.82 Å². The zero-order chi connectivity index (χ0) is 27.0. The number of allylic oxidation sites excluding steroid dienone is 2. The van der Waals surface area contributed by atoms with Crippen LogP contribution < -0.4 is 5.32 Å². The van der Waals surface area contributed by atoms with Crippen molar-refractivity contribution in [2.75, 3.05) is 31.5 Å². The van der Waals surface area contributed by atoms with Crippen LogP contribution in [0.3, 0.4) is 0 Å². The van der Waals surface area contributed by atoms with E-state index < -0.39 is 8.38 Å². The maximum Gasteiger partial charge on any atom is 0.256 e. The molecular formula is C24H31N6O6P. The molecule has 3 atom stereocenters. The second-order valence-electron chi connectivity index (χ2n) is 7.33. The molecule has 12 nitrogen and oxygen atoms in total. The summed E-state index contributed by atoms with van der Waals surface area (Å²) in [5.41, 5.74) is 1.39. The van der Waals surface area contributed by atoms with E-state index in [1.807, 2.05) is 6.07 Å². The summed E-state index contributed by atoms with van der Waals surface area (Å²) in [5, 5.41) is 28.8. The molecule has 0 spiro atoms. The highest BCUT2D eigenvalue weighted by Gasteiger charge is 2.28. The van der Waals surface area contributed by atoms with Crippen molar-refractivity contribution in [2.45, 2.75) is 31.6 Å². The van der Waals surface area contributed by atoms with Crippen LogP contribution in [0.25, 0.3) is 11.2 Å². The Morgan fingerprint density at radius 3 is 2.73 bits per heavy atom. The Kier molecular flexibility index (Phi) is 13.3. The summed E-state index contributed by atoms with van der Waals surface area (Å²) in [6, 6.07) is 1.93. The molecule has 0 radical (unpaired) electrons. The Balaban J connectivity index is 0.000000341. The summed E-state index contributed by atoms with van der Waals surface area (Å²) in [6.45, 7) is 11.3. The van der Waals surface area contributed by atoms with Gasteiger partial charge in [-0.2, -0.15) is 5.26 Å². The number of carbonyl (C=O) groups is 1. The van der Waals surface area contributed by atoms with E-state index in [-0.39, 0.29) is 31.2 Å². The van der Waals surface area contributed by atoms with Crippen molar-refractivity contribution in [3.05, 3.63) is 62.3 Å². The normalized spacial score (nSPS) is 17.8. The first kappa shape index (κ1) is 29.9. The molecule has 2 aromatic rings. The van der Waals surface area contributed by atoms with Gasteiger partial charge in [0.2, 0.25) is 0 Å². The number of amides is 1. The first-order chi connectivity index (χ1) is 18.0. The largest absolute Gasteiger partial charge is 0.394 e. The molecule has 3 N–H and O–H groups in total. The molecule has 37 heavy (non-hydrogen) atoms. The lowest BCUT2D eigenvalue weighted by atomic mass is 10.2. The van der Waals surface area contributed by atoms with Gasteiger partial charge in [0.15, 0.2) is 25.4 Å². The zero-order valence-corrected chi connectivity index (χ0v) is 21.3. The topological polar surface area (TPSA) is 165 Å². The molecule has 0 bridgehead atoms. The number of hydrogen-bond acceptors (Lipinski definition) is 10. The molecule has 1 saturated heterocycles. The number of aliphatic hydroxyl groups is 2. The summed E-state index contributed by atoms with van der Waals surface area (Å²) >= 11 is 0. The zero-order valence-electron chi connectivity index (χ0n) is 20.4. The van der Waals surface area contributed by atoms with Gasteiger partial charge in [-0.05, 0) is 12.8 Å².